The van der Waals surface area contributed by atoms with Gasteiger partial charge >= 0.3 is 5.97 Å². The van der Waals surface area contributed by atoms with E-state index in [9.17, 15) is 4.79 Å². The summed E-state index contributed by atoms with van der Waals surface area (Å²) in [5.74, 6) is -1.03. The van der Waals surface area contributed by atoms with E-state index in [-0.39, 0.29) is 5.69 Å². The Labute approximate surface area is 86.0 Å². The maximum atomic E-state index is 10.6. The summed E-state index contributed by atoms with van der Waals surface area (Å²) in [4.78, 5) is 14.7. The van der Waals surface area contributed by atoms with Crippen molar-refractivity contribution in [2.75, 3.05) is 0 Å². The highest BCUT2D eigenvalue weighted by Gasteiger charge is 2.07. The first-order valence-corrected chi connectivity index (χ1v) is 4.39. The van der Waals surface area contributed by atoms with E-state index >= 15 is 0 Å². The molecule has 0 fully saturated rings. The summed E-state index contributed by atoms with van der Waals surface area (Å²) in [5.41, 5.74) is 1.69. The number of aromatic carboxylic acids is 1. The molecule has 0 unspecified atom stereocenters. The zero-order chi connectivity index (χ0) is 10.8. The number of nitrogens with zero attached hydrogens (tertiary/aromatic N) is 3. The predicted molar refractivity (Wildman–Crippen MR) is 53.1 cm³/mol. The monoisotopic (exact) mass is 203 g/mol. The van der Waals surface area contributed by atoms with Gasteiger partial charge in [-0.2, -0.15) is 5.10 Å². The van der Waals surface area contributed by atoms with Crippen molar-refractivity contribution in [3.8, 4) is 5.69 Å². The van der Waals surface area contributed by atoms with Crippen molar-refractivity contribution in [1.29, 1.82) is 0 Å². The molecule has 0 aliphatic carbocycles. The van der Waals surface area contributed by atoms with Gasteiger partial charge in [-0.15, -0.1) is 0 Å². The van der Waals surface area contributed by atoms with Gasteiger partial charge < -0.3 is 5.11 Å². The van der Waals surface area contributed by atoms with Crippen LogP contribution in [0.3, 0.4) is 0 Å². The van der Waals surface area contributed by atoms with Crippen LogP contribution in [0.25, 0.3) is 5.69 Å². The van der Waals surface area contributed by atoms with Crippen LogP contribution in [0.5, 0.6) is 0 Å². The molecule has 0 radical (unpaired) electrons. The van der Waals surface area contributed by atoms with Crippen LogP contribution in [0.15, 0.2) is 30.6 Å². The quantitative estimate of drug-likeness (QED) is 0.798. The van der Waals surface area contributed by atoms with Crippen LogP contribution in [0.1, 0.15) is 16.2 Å². The number of aryl methyl sites for hydroxylation is 1. The fraction of sp³-hybridized carbons (Fsp3) is 0.100. The Kier molecular flexibility index (Phi) is 2.21. The summed E-state index contributed by atoms with van der Waals surface area (Å²) in [7, 11) is 0. The molecule has 2 aromatic rings. The highest BCUT2D eigenvalue weighted by Crippen LogP contribution is 2.07. The molecule has 2 rings (SSSR count). The van der Waals surface area contributed by atoms with E-state index in [1.165, 1.54) is 10.7 Å². The lowest BCUT2D eigenvalue weighted by Gasteiger charge is -2.00. The van der Waals surface area contributed by atoms with E-state index in [1.54, 1.807) is 18.5 Å². The Morgan fingerprint density at radius 3 is 2.87 bits per heavy atom. The van der Waals surface area contributed by atoms with Gasteiger partial charge in [-0.05, 0) is 25.1 Å². The fourth-order valence-corrected chi connectivity index (χ4v) is 1.25. The van der Waals surface area contributed by atoms with Gasteiger partial charge in [-0.1, -0.05) is 0 Å². The van der Waals surface area contributed by atoms with Crippen LogP contribution in [-0.2, 0) is 0 Å². The number of rotatable bonds is 2. The first kappa shape index (κ1) is 9.39. The Morgan fingerprint density at radius 1 is 1.47 bits per heavy atom. The van der Waals surface area contributed by atoms with Gasteiger partial charge in [-0.3, -0.25) is 4.98 Å². The lowest BCUT2D eigenvalue weighted by Crippen LogP contribution is -2.01. The minimum Gasteiger partial charge on any atom is -0.476 e. The van der Waals surface area contributed by atoms with Crippen LogP contribution in [-0.4, -0.2) is 25.8 Å². The molecule has 0 aliphatic heterocycles. The summed E-state index contributed by atoms with van der Waals surface area (Å²) >= 11 is 0. The molecular weight excluding hydrogens is 194 g/mol. The van der Waals surface area contributed by atoms with Gasteiger partial charge in [0.05, 0.1) is 5.69 Å². The van der Waals surface area contributed by atoms with E-state index in [1.807, 2.05) is 13.0 Å². The molecule has 0 saturated heterocycles. The number of pyridine rings is 1. The zero-order valence-corrected chi connectivity index (χ0v) is 8.08. The topological polar surface area (TPSA) is 68.0 Å². The molecule has 15 heavy (non-hydrogen) atoms. The third-order valence-corrected chi connectivity index (χ3v) is 1.95. The lowest BCUT2D eigenvalue weighted by molar-refractivity contribution is 0.0690. The zero-order valence-electron chi connectivity index (χ0n) is 8.08. The average molecular weight is 203 g/mol. The number of hydrogen-bond acceptors (Lipinski definition) is 3. The number of carbonyl (C=O) groups is 1. The second-order valence-electron chi connectivity index (χ2n) is 3.11. The maximum absolute atomic E-state index is 10.6. The molecule has 0 saturated carbocycles. The van der Waals surface area contributed by atoms with Crippen molar-refractivity contribution in [3.05, 3.63) is 42.0 Å². The smallest absolute Gasteiger partial charge is 0.356 e. The second-order valence-corrected chi connectivity index (χ2v) is 3.11. The summed E-state index contributed by atoms with van der Waals surface area (Å²) in [6, 6.07) is 5.06. The summed E-state index contributed by atoms with van der Waals surface area (Å²) < 4.78 is 1.51. The first-order chi connectivity index (χ1) is 7.16. The predicted octanol–water partition coefficient (Wildman–Crippen LogP) is 1.27. The van der Waals surface area contributed by atoms with Crippen molar-refractivity contribution in [2.45, 2.75) is 6.92 Å². The van der Waals surface area contributed by atoms with E-state index < -0.39 is 5.97 Å². The highest BCUT2D eigenvalue weighted by atomic mass is 16.4. The first-order valence-electron chi connectivity index (χ1n) is 4.39. The Hall–Kier alpha value is -2.17. The van der Waals surface area contributed by atoms with Crippen LogP contribution < -0.4 is 0 Å². The van der Waals surface area contributed by atoms with Crippen LogP contribution in [0, 0.1) is 6.92 Å². The molecule has 0 atom stereocenters. The molecule has 1 N–H and O–H groups in total. The van der Waals surface area contributed by atoms with Gasteiger partial charge in [0.2, 0.25) is 0 Å². The van der Waals surface area contributed by atoms with Crippen LogP contribution in [0.4, 0.5) is 0 Å². The van der Waals surface area contributed by atoms with E-state index in [0.717, 1.165) is 11.4 Å². The van der Waals surface area contributed by atoms with Gasteiger partial charge in [0, 0.05) is 18.1 Å². The summed E-state index contributed by atoms with van der Waals surface area (Å²) in [6.45, 7) is 1.87. The summed E-state index contributed by atoms with van der Waals surface area (Å²) in [5, 5.41) is 12.6. The number of aromatic nitrogens is 3. The van der Waals surface area contributed by atoms with E-state index in [2.05, 4.69) is 10.1 Å². The number of carboxylic acids is 1. The molecule has 2 heterocycles. The number of carboxylic acid groups (broad SMARTS) is 1. The molecular formula is C10H9N3O2. The van der Waals surface area contributed by atoms with Gasteiger partial charge in [0.15, 0.2) is 5.69 Å². The van der Waals surface area contributed by atoms with E-state index in [0.29, 0.717) is 0 Å². The van der Waals surface area contributed by atoms with Gasteiger partial charge in [-0.25, -0.2) is 9.48 Å². The fourth-order valence-electron chi connectivity index (χ4n) is 1.25. The summed E-state index contributed by atoms with van der Waals surface area (Å²) in [6.07, 6.45) is 3.27. The van der Waals surface area contributed by atoms with Crippen molar-refractivity contribution in [3.63, 3.8) is 0 Å². The molecule has 5 nitrogen and oxygen atoms in total. The van der Waals surface area contributed by atoms with Crippen LogP contribution >= 0.6 is 0 Å². The Bertz CT molecular complexity index is 505. The SMILES string of the molecule is Cc1cc(-n2ccc(C(=O)O)n2)ccn1. The normalized spacial score (nSPS) is 10.2. The second kappa shape index (κ2) is 3.53. The van der Waals surface area contributed by atoms with Crippen molar-refractivity contribution < 1.29 is 9.90 Å². The van der Waals surface area contributed by atoms with E-state index in [4.69, 9.17) is 5.11 Å². The third-order valence-electron chi connectivity index (χ3n) is 1.95. The Morgan fingerprint density at radius 2 is 2.27 bits per heavy atom. The highest BCUT2D eigenvalue weighted by molar-refractivity contribution is 5.85. The third kappa shape index (κ3) is 1.85. The van der Waals surface area contributed by atoms with Crippen molar-refractivity contribution in [2.24, 2.45) is 0 Å². The van der Waals surface area contributed by atoms with Gasteiger partial charge in [0.1, 0.15) is 0 Å². The number of hydrogen-bond donors (Lipinski definition) is 1. The standard InChI is InChI=1S/C10H9N3O2/c1-7-6-8(2-4-11-7)13-5-3-9(12-13)10(14)15/h2-6H,1H3,(H,14,15). The largest absolute Gasteiger partial charge is 0.476 e. The Balaban J connectivity index is 2.41. The average Bonchev–Trinajstić information content (AvgIpc) is 2.66. The lowest BCUT2D eigenvalue weighted by atomic mass is 10.3. The molecule has 0 aliphatic rings. The molecule has 0 amide bonds. The molecule has 76 valence electrons. The molecule has 5 heteroatoms. The van der Waals surface area contributed by atoms with Gasteiger partial charge in [0.25, 0.3) is 0 Å². The maximum Gasteiger partial charge on any atom is 0.356 e. The molecule has 0 aromatic carbocycles. The van der Waals surface area contributed by atoms with Crippen molar-refractivity contribution in [1.82, 2.24) is 14.8 Å². The van der Waals surface area contributed by atoms with Crippen LogP contribution in [0.2, 0.25) is 0 Å². The molecule has 2 aromatic heterocycles. The minimum absolute atomic E-state index is 0.0319. The van der Waals surface area contributed by atoms with Crippen molar-refractivity contribution >= 4 is 5.97 Å². The molecule has 0 spiro atoms. The molecule has 0 bridgehead atoms. The minimum atomic E-state index is -1.03.